The second-order valence-corrected chi connectivity index (χ2v) is 6.51. The van der Waals surface area contributed by atoms with E-state index < -0.39 is 6.04 Å². The maximum absolute atomic E-state index is 12.4. The maximum Gasteiger partial charge on any atom is 0.315 e. The van der Waals surface area contributed by atoms with Crippen LogP contribution in [0.4, 0.5) is 4.79 Å². The highest BCUT2D eigenvalue weighted by Gasteiger charge is 2.25. The molecule has 3 amide bonds. The summed E-state index contributed by atoms with van der Waals surface area (Å²) in [6, 6.07) is 8.19. The highest BCUT2D eigenvalue weighted by Crippen LogP contribution is 2.14. The van der Waals surface area contributed by atoms with Gasteiger partial charge in [-0.2, -0.15) is 0 Å². The first-order chi connectivity index (χ1) is 12.0. The molecule has 2 rings (SSSR count). The smallest absolute Gasteiger partial charge is 0.315 e. The first-order valence-electron chi connectivity index (χ1n) is 8.60. The molecule has 1 aromatic rings. The molecule has 0 bridgehead atoms. The number of hydrogen-bond acceptors (Lipinski definition) is 4. The zero-order chi connectivity index (χ0) is 18.2. The Bertz CT molecular complexity index is 559. The van der Waals surface area contributed by atoms with Gasteiger partial charge < -0.3 is 20.3 Å². The normalized spacial score (nSPS) is 17.4. The first kappa shape index (κ1) is 19.2. The molecule has 2 atom stereocenters. The average Bonchev–Trinajstić information content (AvgIpc) is 2.60. The van der Waals surface area contributed by atoms with Gasteiger partial charge in [0.2, 0.25) is 5.91 Å². The van der Waals surface area contributed by atoms with Crippen LogP contribution in [0.2, 0.25) is 0 Å². The summed E-state index contributed by atoms with van der Waals surface area (Å²) in [6.07, 6.45) is 0. The lowest BCUT2D eigenvalue weighted by molar-refractivity contribution is -0.130. The van der Waals surface area contributed by atoms with E-state index in [4.69, 9.17) is 4.74 Å². The molecule has 1 aliphatic rings. The molecule has 138 valence electrons. The number of urea groups is 1. The van der Waals surface area contributed by atoms with Crippen molar-refractivity contribution < 1.29 is 14.3 Å². The Kier molecular flexibility index (Phi) is 7.21. The van der Waals surface area contributed by atoms with E-state index in [1.54, 1.807) is 14.1 Å². The second kappa shape index (κ2) is 9.39. The lowest BCUT2D eigenvalue weighted by atomic mass is 10.1. The van der Waals surface area contributed by atoms with Crippen molar-refractivity contribution in [3.05, 3.63) is 35.9 Å². The summed E-state index contributed by atoms with van der Waals surface area (Å²) in [7, 11) is 3.36. The average molecular weight is 348 g/mol. The lowest BCUT2D eigenvalue weighted by Crippen LogP contribution is -2.50. The summed E-state index contributed by atoms with van der Waals surface area (Å²) < 4.78 is 5.33. The third kappa shape index (κ3) is 6.03. The van der Waals surface area contributed by atoms with Crippen molar-refractivity contribution in [2.75, 3.05) is 46.9 Å². The minimum Gasteiger partial charge on any atom is -0.379 e. The Morgan fingerprint density at radius 1 is 1.16 bits per heavy atom. The summed E-state index contributed by atoms with van der Waals surface area (Å²) in [5.41, 5.74) is 0.761. The topological polar surface area (TPSA) is 73.9 Å². The fourth-order valence-corrected chi connectivity index (χ4v) is 2.80. The number of nitrogens with one attached hydrogen (secondary N) is 2. The molecule has 25 heavy (non-hydrogen) atoms. The minimum absolute atomic E-state index is 0.0241. The molecule has 0 aliphatic carbocycles. The molecule has 0 saturated carbocycles. The minimum atomic E-state index is -0.702. The van der Waals surface area contributed by atoms with E-state index in [0.717, 1.165) is 38.4 Å². The van der Waals surface area contributed by atoms with Crippen LogP contribution in [0.25, 0.3) is 0 Å². The van der Waals surface area contributed by atoms with Crippen molar-refractivity contribution in [2.24, 2.45) is 0 Å². The van der Waals surface area contributed by atoms with Gasteiger partial charge in [-0.1, -0.05) is 30.3 Å². The Balaban J connectivity index is 1.93. The molecular formula is C18H28N4O3. The van der Waals surface area contributed by atoms with Crippen LogP contribution in [0.5, 0.6) is 0 Å². The third-order valence-electron chi connectivity index (χ3n) is 4.11. The van der Waals surface area contributed by atoms with Gasteiger partial charge in [0.25, 0.3) is 0 Å². The van der Waals surface area contributed by atoms with Gasteiger partial charge in [-0.05, 0) is 12.5 Å². The van der Waals surface area contributed by atoms with Gasteiger partial charge in [-0.15, -0.1) is 0 Å². The van der Waals surface area contributed by atoms with Crippen LogP contribution in [0.3, 0.4) is 0 Å². The summed E-state index contributed by atoms with van der Waals surface area (Å²) >= 11 is 0. The molecule has 0 radical (unpaired) electrons. The molecule has 7 heteroatoms. The van der Waals surface area contributed by atoms with Gasteiger partial charge in [-0.3, -0.25) is 9.69 Å². The van der Waals surface area contributed by atoms with Crippen molar-refractivity contribution in [1.82, 2.24) is 20.4 Å². The number of ether oxygens (including phenoxy) is 1. The van der Waals surface area contributed by atoms with Crippen molar-refractivity contribution >= 4 is 11.9 Å². The first-order valence-corrected chi connectivity index (χ1v) is 8.60. The Hall–Kier alpha value is -2.12. The van der Waals surface area contributed by atoms with Gasteiger partial charge in [-0.25, -0.2) is 4.79 Å². The standard InChI is InChI=1S/C18H28N4O3/c1-14(13-22-9-11-25-12-10-22)19-18(24)20-16(17(23)21(2)3)15-7-5-4-6-8-15/h4-8,14,16H,9-13H2,1-3H3,(H2,19,20,24)/t14-,16+/m1/s1. The summed E-state index contributed by atoms with van der Waals surface area (Å²) in [5, 5.41) is 5.72. The quantitative estimate of drug-likeness (QED) is 0.799. The number of rotatable bonds is 6. The number of nitrogens with zero attached hydrogens (tertiary/aromatic N) is 2. The highest BCUT2D eigenvalue weighted by atomic mass is 16.5. The molecule has 7 nitrogen and oxygen atoms in total. The lowest BCUT2D eigenvalue weighted by Gasteiger charge is -2.30. The van der Waals surface area contributed by atoms with Gasteiger partial charge in [0.1, 0.15) is 6.04 Å². The zero-order valence-electron chi connectivity index (χ0n) is 15.2. The van der Waals surface area contributed by atoms with Crippen LogP contribution in [0.1, 0.15) is 18.5 Å². The van der Waals surface area contributed by atoms with Gasteiger partial charge in [0.05, 0.1) is 13.2 Å². The Labute approximate surface area is 149 Å². The molecule has 0 spiro atoms. The monoisotopic (exact) mass is 348 g/mol. The van der Waals surface area contributed by atoms with E-state index in [9.17, 15) is 9.59 Å². The van der Waals surface area contributed by atoms with Crippen LogP contribution < -0.4 is 10.6 Å². The molecule has 0 aromatic heterocycles. The van der Waals surface area contributed by atoms with Crippen LogP contribution in [0.15, 0.2) is 30.3 Å². The van der Waals surface area contributed by atoms with Crippen LogP contribution in [-0.2, 0) is 9.53 Å². The van der Waals surface area contributed by atoms with E-state index in [0.29, 0.717) is 0 Å². The number of hydrogen-bond donors (Lipinski definition) is 2. The molecule has 2 N–H and O–H groups in total. The highest BCUT2D eigenvalue weighted by molar-refractivity contribution is 5.88. The van der Waals surface area contributed by atoms with Gasteiger partial charge in [0, 0.05) is 39.8 Å². The van der Waals surface area contributed by atoms with Crippen molar-refractivity contribution in [3.63, 3.8) is 0 Å². The van der Waals surface area contributed by atoms with Crippen molar-refractivity contribution in [2.45, 2.75) is 19.0 Å². The van der Waals surface area contributed by atoms with E-state index >= 15 is 0 Å². The van der Waals surface area contributed by atoms with E-state index in [1.165, 1.54) is 4.90 Å². The fraction of sp³-hybridized carbons (Fsp3) is 0.556. The molecular weight excluding hydrogens is 320 g/mol. The predicted molar refractivity (Wildman–Crippen MR) is 96.3 cm³/mol. The number of likely N-dealkylation sites (N-methyl/N-ethyl adjacent to an activating group) is 1. The summed E-state index contributed by atoms with van der Waals surface area (Å²) in [5.74, 6) is -0.165. The van der Waals surface area contributed by atoms with E-state index in [1.807, 2.05) is 37.3 Å². The summed E-state index contributed by atoms with van der Waals surface area (Å²) in [4.78, 5) is 28.6. The maximum atomic E-state index is 12.4. The number of amides is 3. The number of carbonyl (C=O) groups excluding carboxylic acids is 2. The van der Waals surface area contributed by atoms with Gasteiger partial charge >= 0.3 is 6.03 Å². The number of benzene rings is 1. The van der Waals surface area contributed by atoms with E-state index in [-0.39, 0.29) is 18.0 Å². The number of morpholine rings is 1. The molecule has 1 aromatic carbocycles. The van der Waals surface area contributed by atoms with Gasteiger partial charge in [0.15, 0.2) is 0 Å². The Morgan fingerprint density at radius 2 is 1.80 bits per heavy atom. The molecule has 1 heterocycles. The SMILES string of the molecule is C[C@H](CN1CCOCC1)NC(=O)N[C@H](C(=O)N(C)C)c1ccccc1. The largest absolute Gasteiger partial charge is 0.379 e. The molecule has 1 saturated heterocycles. The zero-order valence-corrected chi connectivity index (χ0v) is 15.2. The van der Waals surface area contributed by atoms with Crippen LogP contribution >= 0.6 is 0 Å². The van der Waals surface area contributed by atoms with Crippen molar-refractivity contribution in [1.29, 1.82) is 0 Å². The van der Waals surface area contributed by atoms with Crippen LogP contribution in [0, 0.1) is 0 Å². The Morgan fingerprint density at radius 3 is 2.40 bits per heavy atom. The van der Waals surface area contributed by atoms with Crippen LogP contribution in [-0.4, -0.2) is 74.7 Å². The number of carbonyl (C=O) groups is 2. The molecule has 1 aliphatic heterocycles. The summed E-state index contributed by atoms with van der Waals surface area (Å²) in [6.45, 7) is 5.92. The third-order valence-corrected chi connectivity index (χ3v) is 4.11. The molecule has 1 fully saturated rings. The van der Waals surface area contributed by atoms with Crippen molar-refractivity contribution in [3.8, 4) is 0 Å². The predicted octanol–water partition coefficient (Wildman–Crippen LogP) is 0.836. The second-order valence-electron chi connectivity index (χ2n) is 6.51. The fourth-order valence-electron chi connectivity index (χ4n) is 2.80. The van der Waals surface area contributed by atoms with E-state index in [2.05, 4.69) is 15.5 Å². The molecule has 0 unspecified atom stereocenters.